The van der Waals surface area contributed by atoms with Crippen molar-refractivity contribution in [1.29, 1.82) is 0 Å². The van der Waals surface area contributed by atoms with E-state index in [0.717, 1.165) is 47.4 Å². The largest absolute Gasteiger partial charge is 0.348 e. The Labute approximate surface area is 233 Å². The molecule has 3 aromatic carbocycles. The third kappa shape index (κ3) is 6.90. The number of aryl methyl sites for hydroxylation is 1. The Morgan fingerprint density at radius 1 is 0.925 bits per heavy atom. The number of nitrogens with one attached hydrogen (secondary N) is 3. The predicted octanol–water partition coefficient (Wildman–Crippen LogP) is 4.59. The van der Waals surface area contributed by atoms with Gasteiger partial charge in [-0.05, 0) is 43.2 Å². The number of carbonyl (C=O) groups excluding carboxylic acids is 3. The van der Waals surface area contributed by atoms with Crippen LogP contribution in [0.3, 0.4) is 0 Å². The van der Waals surface area contributed by atoms with E-state index in [1.54, 1.807) is 12.1 Å². The molecule has 0 aliphatic carbocycles. The molecule has 1 unspecified atom stereocenters. The Morgan fingerprint density at radius 2 is 1.68 bits per heavy atom. The minimum Gasteiger partial charge on any atom is -0.348 e. The van der Waals surface area contributed by atoms with Crippen LogP contribution in [0.4, 0.5) is 10.5 Å². The number of benzene rings is 3. The fraction of sp³-hybridized carbons (Fsp3) is 0.250. The number of aromatic nitrogens is 1. The first kappa shape index (κ1) is 27.0. The Hall–Kier alpha value is -4.56. The number of likely N-dealkylation sites (tertiary alicyclic amines) is 1. The number of urea groups is 1. The van der Waals surface area contributed by atoms with Crippen LogP contribution in [0.15, 0.2) is 84.9 Å². The zero-order chi connectivity index (χ0) is 27.9. The van der Waals surface area contributed by atoms with E-state index < -0.39 is 0 Å². The van der Waals surface area contributed by atoms with Gasteiger partial charge in [0, 0.05) is 60.8 Å². The van der Waals surface area contributed by atoms with Gasteiger partial charge in [0.1, 0.15) is 0 Å². The summed E-state index contributed by atoms with van der Waals surface area (Å²) in [5.41, 5.74) is 4.56. The lowest BCUT2D eigenvalue weighted by atomic mass is 10.0. The molecule has 204 valence electrons. The number of amides is 3. The van der Waals surface area contributed by atoms with Crippen LogP contribution in [0.2, 0.25) is 0 Å². The number of nitrogens with zero attached hydrogens (tertiary/aromatic N) is 2. The maximum absolute atomic E-state index is 12.8. The smallest absolute Gasteiger partial charge is 0.319 e. The summed E-state index contributed by atoms with van der Waals surface area (Å²) >= 11 is 0. The number of fused-ring (bicyclic) bond motifs is 1. The molecule has 8 heteroatoms. The Bertz CT molecular complexity index is 1500. The molecular weight excluding hydrogens is 502 g/mol. The van der Waals surface area contributed by atoms with Crippen molar-refractivity contribution in [1.82, 2.24) is 20.5 Å². The van der Waals surface area contributed by atoms with E-state index in [1.165, 1.54) is 0 Å². The summed E-state index contributed by atoms with van der Waals surface area (Å²) in [6.45, 7) is 4.68. The zero-order valence-electron chi connectivity index (χ0n) is 22.5. The second kappa shape index (κ2) is 12.5. The lowest BCUT2D eigenvalue weighted by molar-refractivity contribution is 0.0937. The minimum absolute atomic E-state index is 0.0480. The van der Waals surface area contributed by atoms with E-state index in [-0.39, 0.29) is 23.8 Å². The first-order valence-electron chi connectivity index (χ1n) is 13.6. The van der Waals surface area contributed by atoms with Gasteiger partial charge in [-0.15, -0.1) is 0 Å². The molecule has 40 heavy (non-hydrogen) atoms. The van der Waals surface area contributed by atoms with Crippen LogP contribution >= 0.6 is 0 Å². The van der Waals surface area contributed by atoms with Gasteiger partial charge >= 0.3 is 6.03 Å². The topological polar surface area (TPSA) is 103 Å². The first-order chi connectivity index (χ1) is 19.4. The number of pyridine rings is 1. The molecule has 3 amide bonds. The second-order valence-corrected chi connectivity index (χ2v) is 10.1. The highest BCUT2D eigenvalue weighted by Crippen LogP contribution is 2.22. The Balaban J connectivity index is 1.04. The average Bonchev–Trinajstić information content (AvgIpc) is 3.40. The molecule has 0 saturated carbocycles. The predicted molar refractivity (Wildman–Crippen MR) is 157 cm³/mol. The molecule has 0 bridgehead atoms. The maximum atomic E-state index is 12.8. The molecule has 1 fully saturated rings. The van der Waals surface area contributed by atoms with Gasteiger partial charge in [0.05, 0.1) is 11.2 Å². The van der Waals surface area contributed by atoms with Crippen LogP contribution in [0.5, 0.6) is 0 Å². The van der Waals surface area contributed by atoms with Crippen molar-refractivity contribution in [3.8, 4) is 0 Å². The highest BCUT2D eigenvalue weighted by Gasteiger charge is 2.24. The van der Waals surface area contributed by atoms with E-state index >= 15 is 0 Å². The molecule has 8 nitrogen and oxygen atoms in total. The van der Waals surface area contributed by atoms with Gasteiger partial charge in [-0.2, -0.15) is 0 Å². The van der Waals surface area contributed by atoms with Gasteiger partial charge in [-0.25, -0.2) is 4.79 Å². The molecule has 0 spiro atoms. The number of rotatable bonds is 9. The third-order valence-corrected chi connectivity index (χ3v) is 7.09. The third-order valence-electron chi connectivity index (χ3n) is 7.09. The SMILES string of the molecule is Cc1cc(NC(=O)NCCN2CCC(NC(=O)c3ccc(CC(=O)c4ccccc4)cc3)C2)c2ccccc2n1. The molecule has 1 saturated heterocycles. The van der Waals surface area contributed by atoms with E-state index in [4.69, 9.17) is 0 Å². The molecule has 1 aliphatic heterocycles. The normalized spacial score (nSPS) is 15.1. The zero-order valence-corrected chi connectivity index (χ0v) is 22.5. The van der Waals surface area contributed by atoms with Crippen molar-refractivity contribution in [3.63, 3.8) is 0 Å². The lowest BCUT2D eigenvalue weighted by Gasteiger charge is -2.17. The number of hydrogen-bond acceptors (Lipinski definition) is 5. The maximum Gasteiger partial charge on any atom is 0.319 e. The van der Waals surface area contributed by atoms with E-state index in [0.29, 0.717) is 30.6 Å². The van der Waals surface area contributed by atoms with Crippen LogP contribution in [-0.4, -0.2) is 59.8 Å². The van der Waals surface area contributed by atoms with Gasteiger partial charge in [0.25, 0.3) is 5.91 Å². The highest BCUT2D eigenvalue weighted by molar-refractivity contribution is 6.00. The fourth-order valence-corrected chi connectivity index (χ4v) is 5.01. The van der Waals surface area contributed by atoms with Gasteiger partial charge in [0.2, 0.25) is 0 Å². The van der Waals surface area contributed by atoms with Crippen molar-refractivity contribution in [2.45, 2.75) is 25.8 Å². The molecule has 2 heterocycles. The summed E-state index contributed by atoms with van der Waals surface area (Å²) in [7, 11) is 0. The van der Waals surface area contributed by atoms with Crippen molar-refractivity contribution in [3.05, 3.63) is 107 Å². The molecule has 1 aromatic heterocycles. The number of ketones is 1. The Kier molecular flexibility index (Phi) is 8.47. The molecule has 3 N–H and O–H groups in total. The Morgan fingerprint density at radius 3 is 2.48 bits per heavy atom. The van der Waals surface area contributed by atoms with Crippen LogP contribution in [0.25, 0.3) is 10.9 Å². The van der Waals surface area contributed by atoms with Crippen molar-refractivity contribution < 1.29 is 14.4 Å². The number of carbonyl (C=O) groups is 3. The number of para-hydroxylation sites is 1. The van der Waals surface area contributed by atoms with Gasteiger partial charge < -0.3 is 16.0 Å². The van der Waals surface area contributed by atoms with Gasteiger partial charge in [-0.3, -0.25) is 19.5 Å². The first-order valence-corrected chi connectivity index (χ1v) is 13.6. The van der Waals surface area contributed by atoms with Gasteiger partial charge in [-0.1, -0.05) is 60.7 Å². The monoisotopic (exact) mass is 535 g/mol. The van der Waals surface area contributed by atoms with Crippen LogP contribution in [0.1, 0.15) is 38.4 Å². The van der Waals surface area contributed by atoms with Crippen LogP contribution in [0, 0.1) is 6.92 Å². The summed E-state index contributed by atoms with van der Waals surface area (Å²) in [5.74, 6) is -0.0677. The molecular formula is C32H33N5O3. The van der Waals surface area contributed by atoms with Crippen LogP contribution in [-0.2, 0) is 6.42 Å². The number of Topliss-reactive ketones (excluding diaryl/α,β-unsaturated/α-hetero) is 1. The summed E-state index contributed by atoms with van der Waals surface area (Å²) in [5, 5.41) is 9.88. The lowest BCUT2D eigenvalue weighted by Crippen LogP contribution is -2.39. The average molecular weight is 536 g/mol. The quantitative estimate of drug-likeness (QED) is 0.272. The van der Waals surface area contributed by atoms with Gasteiger partial charge in [0.15, 0.2) is 5.78 Å². The van der Waals surface area contributed by atoms with Crippen LogP contribution < -0.4 is 16.0 Å². The molecule has 4 aromatic rings. The summed E-state index contributed by atoms with van der Waals surface area (Å²) < 4.78 is 0. The van der Waals surface area contributed by atoms with Crippen molar-refractivity contribution in [2.75, 3.05) is 31.5 Å². The highest BCUT2D eigenvalue weighted by atomic mass is 16.2. The van der Waals surface area contributed by atoms with Crippen molar-refractivity contribution >= 4 is 34.3 Å². The summed E-state index contributed by atoms with van der Waals surface area (Å²) in [6, 6.07) is 25.8. The van der Waals surface area contributed by atoms with E-state index in [2.05, 4.69) is 25.8 Å². The van der Waals surface area contributed by atoms with E-state index in [1.807, 2.05) is 79.7 Å². The molecule has 1 atom stereocenters. The van der Waals surface area contributed by atoms with Crippen molar-refractivity contribution in [2.24, 2.45) is 0 Å². The molecule has 0 radical (unpaired) electrons. The second-order valence-electron chi connectivity index (χ2n) is 10.1. The number of anilines is 1. The summed E-state index contributed by atoms with van der Waals surface area (Å²) in [4.78, 5) is 44.5. The number of hydrogen-bond donors (Lipinski definition) is 3. The molecule has 1 aliphatic rings. The minimum atomic E-state index is -0.256. The standard InChI is InChI=1S/C32H33N5O3/c1-22-19-29(27-9-5-6-10-28(27)34-22)36-32(40)33-16-18-37-17-15-26(21-37)35-31(39)25-13-11-23(12-14-25)20-30(38)24-7-3-2-4-8-24/h2-14,19,26H,15-18,20-21H2,1H3,(H,35,39)(H2,33,34,36,40). The van der Waals surface area contributed by atoms with E-state index in [9.17, 15) is 14.4 Å². The molecule has 5 rings (SSSR count). The summed E-state index contributed by atoms with van der Waals surface area (Å²) in [6.07, 6.45) is 1.15. The fourth-order valence-electron chi connectivity index (χ4n) is 5.01.